The van der Waals surface area contributed by atoms with E-state index in [2.05, 4.69) is 9.47 Å². The summed E-state index contributed by atoms with van der Waals surface area (Å²) in [7, 11) is 0. The number of alkyl halides is 4. The molecule has 0 aliphatic heterocycles. The van der Waals surface area contributed by atoms with E-state index in [0.717, 1.165) is 6.92 Å². The molecule has 0 radical (unpaired) electrons. The molecule has 18 heavy (non-hydrogen) atoms. The normalized spacial score (nSPS) is 16.6. The van der Waals surface area contributed by atoms with Gasteiger partial charge in [-0.2, -0.15) is 13.2 Å². The largest absolute Gasteiger partial charge is 0.451 e. The van der Waals surface area contributed by atoms with Crippen LogP contribution >= 0.6 is 0 Å². The second kappa shape index (κ2) is 6.01. The maximum atomic E-state index is 13.3. The molecular formula is C10H14F4O4. The molecule has 0 bridgehead atoms. The van der Waals surface area contributed by atoms with Crippen molar-refractivity contribution in [2.24, 2.45) is 0 Å². The van der Waals surface area contributed by atoms with Gasteiger partial charge in [0.25, 0.3) is 0 Å². The molecule has 0 fully saturated rings. The predicted molar refractivity (Wildman–Crippen MR) is 52.4 cm³/mol. The summed E-state index contributed by atoms with van der Waals surface area (Å²) in [6.07, 6.45) is -7.19. The van der Waals surface area contributed by atoms with Crippen molar-refractivity contribution in [1.82, 2.24) is 0 Å². The maximum Gasteiger partial charge on any atom is 0.425 e. The molecule has 4 nitrogen and oxygen atoms in total. The fourth-order valence-corrected chi connectivity index (χ4v) is 0.717. The lowest BCUT2D eigenvalue weighted by Crippen LogP contribution is -2.35. The number of rotatable bonds is 5. The van der Waals surface area contributed by atoms with Crippen molar-refractivity contribution in [1.29, 1.82) is 0 Å². The van der Waals surface area contributed by atoms with Crippen LogP contribution in [0.25, 0.3) is 0 Å². The van der Waals surface area contributed by atoms with Gasteiger partial charge in [0, 0.05) is 0 Å². The van der Waals surface area contributed by atoms with Gasteiger partial charge in [0.2, 0.25) is 5.67 Å². The number of hydrogen-bond acceptors (Lipinski definition) is 4. The summed E-state index contributed by atoms with van der Waals surface area (Å²) in [6, 6.07) is 0. The van der Waals surface area contributed by atoms with E-state index in [1.165, 1.54) is 6.92 Å². The highest BCUT2D eigenvalue weighted by Gasteiger charge is 2.39. The van der Waals surface area contributed by atoms with Crippen LogP contribution in [-0.4, -0.2) is 36.5 Å². The number of carbonyl (C=O) groups excluding carboxylic acids is 2. The highest BCUT2D eigenvalue weighted by Crippen LogP contribution is 2.22. The zero-order valence-electron chi connectivity index (χ0n) is 10.1. The molecule has 0 aromatic carbocycles. The minimum absolute atomic E-state index is 0.181. The quantitative estimate of drug-likeness (QED) is 0.569. The molecule has 0 aliphatic carbocycles. The van der Waals surface area contributed by atoms with Crippen molar-refractivity contribution in [2.75, 3.05) is 6.61 Å². The molecule has 0 amide bonds. The average molecular weight is 274 g/mol. The first-order chi connectivity index (χ1) is 8.00. The summed E-state index contributed by atoms with van der Waals surface area (Å²) in [5, 5.41) is 0. The smallest absolute Gasteiger partial charge is 0.425 e. The molecule has 0 N–H and O–H groups in total. The van der Waals surface area contributed by atoms with Gasteiger partial charge in [0.05, 0.1) is 0 Å². The minimum atomic E-state index is -4.70. The van der Waals surface area contributed by atoms with Gasteiger partial charge in [-0.15, -0.1) is 0 Å². The van der Waals surface area contributed by atoms with E-state index >= 15 is 0 Å². The van der Waals surface area contributed by atoms with Crippen molar-refractivity contribution in [3.8, 4) is 0 Å². The van der Waals surface area contributed by atoms with E-state index in [4.69, 9.17) is 0 Å². The average Bonchev–Trinajstić information content (AvgIpc) is 2.24. The Morgan fingerprint density at radius 2 is 1.72 bits per heavy atom. The fourth-order valence-electron chi connectivity index (χ4n) is 0.717. The molecule has 0 aliphatic rings. The molecular weight excluding hydrogens is 260 g/mol. The topological polar surface area (TPSA) is 52.6 Å². The number of esters is 2. The van der Waals surface area contributed by atoms with Crippen LogP contribution in [0.1, 0.15) is 27.2 Å². The Labute approximate surface area is 101 Å². The third kappa shape index (κ3) is 5.33. The van der Waals surface area contributed by atoms with Gasteiger partial charge in [-0.25, -0.2) is 14.0 Å². The van der Waals surface area contributed by atoms with Crippen LogP contribution in [0, 0.1) is 0 Å². The summed E-state index contributed by atoms with van der Waals surface area (Å²) in [5.74, 6) is -2.71. The lowest BCUT2D eigenvalue weighted by molar-refractivity contribution is -0.218. The Kier molecular flexibility index (Phi) is 5.56. The number of halogens is 4. The maximum absolute atomic E-state index is 13.3. The summed E-state index contributed by atoms with van der Waals surface area (Å²) < 4.78 is 57.5. The van der Waals surface area contributed by atoms with Crippen molar-refractivity contribution in [2.45, 2.75) is 45.1 Å². The van der Waals surface area contributed by atoms with E-state index in [0.29, 0.717) is 6.92 Å². The standard InChI is InChI=1S/C10H14F4O4/c1-4-9(3,11)8(16)17-5-7(15)18-6(2)10(12,13)14/h6H,4-5H2,1-3H3. The van der Waals surface area contributed by atoms with E-state index < -0.39 is 36.5 Å². The first kappa shape index (κ1) is 16.7. The summed E-state index contributed by atoms with van der Waals surface area (Å²) in [4.78, 5) is 22.0. The van der Waals surface area contributed by atoms with E-state index in [1.807, 2.05) is 0 Å². The molecule has 0 aromatic heterocycles. The van der Waals surface area contributed by atoms with Crippen LogP contribution < -0.4 is 0 Å². The molecule has 0 saturated heterocycles. The molecule has 8 heteroatoms. The Balaban J connectivity index is 4.18. The van der Waals surface area contributed by atoms with Gasteiger partial charge in [-0.3, -0.25) is 0 Å². The molecule has 2 atom stereocenters. The van der Waals surface area contributed by atoms with Gasteiger partial charge in [0.15, 0.2) is 12.7 Å². The SMILES string of the molecule is CCC(C)(F)C(=O)OCC(=O)OC(C)C(F)(F)F. The Bertz CT molecular complexity index is 311. The summed E-state index contributed by atoms with van der Waals surface area (Å²) in [6.45, 7) is 1.90. The highest BCUT2D eigenvalue weighted by molar-refractivity contribution is 5.81. The second-order valence-electron chi connectivity index (χ2n) is 3.80. The Morgan fingerprint density at radius 3 is 2.11 bits per heavy atom. The van der Waals surface area contributed by atoms with E-state index in [9.17, 15) is 27.2 Å². The fraction of sp³-hybridized carbons (Fsp3) is 0.800. The van der Waals surface area contributed by atoms with E-state index in [-0.39, 0.29) is 6.42 Å². The number of ether oxygens (including phenoxy) is 2. The third-order valence-electron chi connectivity index (χ3n) is 2.18. The van der Waals surface area contributed by atoms with Crippen molar-refractivity contribution in [3.63, 3.8) is 0 Å². The third-order valence-corrected chi connectivity index (χ3v) is 2.18. The van der Waals surface area contributed by atoms with Crippen LogP contribution in [0.3, 0.4) is 0 Å². The second-order valence-corrected chi connectivity index (χ2v) is 3.80. The van der Waals surface area contributed by atoms with Crippen LogP contribution in [0.2, 0.25) is 0 Å². The number of carbonyl (C=O) groups is 2. The van der Waals surface area contributed by atoms with Crippen LogP contribution in [-0.2, 0) is 19.1 Å². The Hall–Kier alpha value is -1.34. The van der Waals surface area contributed by atoms with Gasteiger partial charge >= 0.3 is 18.1 Å². The van der Waals surface area contributed by atoms with Gasteiger partial charge in [0.1, 0.15) is 0 Å². The highest BCUT2D eigenvalue weighted by atomic mass is 19.4. The zero-order valence-corrected chi connectivity index (χ0v) is 10.1. The minimum Gasteiger partial charge on any atom is -0.451 e. The van der Waals surface area contributed by atoms with Crippen LogP contribution in [0.4, 0.5) is 17.6 Å². The molecule has 106 valence electrons. The van der Waals surface area contributed by atoms with Crippen LogP contribution in [0.5, 0.6) is 0 Å². The van der Waals surface area contributed by atoms with Crippen molar-refractivity contribution in [3.05, 3.63) is 0 Å². The lowest BCUT2D eigenvalue weighted by Gasteiger charge is -2.18. The molecule has 0 aromatic rings. The van der Waals surface area contributed by atoms with E-state index in [1.54, 1.807) is 0 Å². The van der Waals surface area contributed by atoms with Crippen molar-refractivity contribution >= 4 is 11.9 Å². The predicted octanol–water partition coefficient (Wildman–Crippen LogP) is 2.16. The zero-order chi connectivity index (χ0) is 14.6. The monoisotopic (exact) mass is 274 g/mol. The molecule has 0 spiro atoms. The molecule has 0 heterocycles. The molecule has 2 unspecified atom stereocenters. The van der Waals surface area contributed by atoms with Crippen LogP contribution in [0.15, 0.2) is 0 Å². The van der Waals surface area contributed by atoms with Gasteiger partial charge in [-0.05, 0) is 20.3 Å². The first-order valence-corrected chi connectivity index (χ1v) is 5.13. The first-order valence-electron chi connectivity index (χ1n) is 5.13. The summed E-state index contributed by atoms with van der Waals surface area (Å²) >= 11 is 0. The lowest BCUT2D eigenvalue weighted by atomic mass is 10.1. The number of hydrogen-bond donors (Lipinski definition) is 0. The molecule has 0 rings (SSSR count). The Morgan fingerprint density at radius 1 is 1.22 bits per heavy atom. The van der Waals surface area contributed by atoms with Gasteiger partial charge < -0.3 is 9.47 Å². The van der Waals surface area contributed by atoms with Crippen molar-refractivity contribution < 1.29 is 36.6 Å². The summed E-state index contributed by atoms with van der Waals surface area (Å²) in [5.41, 5.74) is -2.28. The molecule has 0 saturated carbocycles. The van der Waals surface area contributed by atoms with Gasteiger partial charge in [-0.1, -0.05) is 6.92 Å².